The minimum absolute atomic E-state index is 0.568. The molecule has 0 bridgehead atoms. The first kappa shape index (κ1) is 13.4. The molecule has 0 radical (unpaired) electrons. The Morgan fingerprint density at radius 3 is 2.50 bits per heavy atom. The van der Waals surface area contributed by atoms with Crippen LogP contribution in [0.1, 0.15) is 24.8 Å². The van der Waals surface area contributed by atoms with Gasteiger partial charge in [-0.25, -0.2) is 8.42 Å². The van der Waals surface area contributed by atoms with E-state index in [4.69, 9.17) is 0 Å². The molecule has 1 fully saturated rings. The molecule has 1 aromatic rings. The van der Waals surface area contributed by atoms with E-state index >= 15 is 0 Å². The molecule has 2 N–H and O–H groups in total. The van der Waals surface area contributed by atoms with Gasteiger partial charge < -0.3 is 5.32 Å². The van der Waals surface area contributed by atoms with Gasteiger partial charge in [-0.1, -0.05) is 19.1 Å². The molecule has 1 aromatic carbocycles. The third-order valence-electron chi connectivity index (χ3n) is 3.43. The monoisotopic (exact) mass is 268 g/mol. The van der Waals surface area contributed by atoms with Crippen molar-refractivity contribution in [1.82, 2.24) is 5.32 Å². The number of rotatable bonds is 3. The largest absolute Gasteiger partial charge is 0.316 e. The molecule has 1 saturated heterocycles. The fraction of sp³-hybridized carbons (Fsp3) is 0.538. The molecule has 18 heavy (non-hydrogen) atoms. The zero-order valence-electron chi connectivity index (χ0n) is 10.8. The molecule has 0 amide bonds. The Labute approximate surface area is 109 Å². The Balaban J connectivity index is 2.12. The minimum Gasteiger partial charge on any atom is -0.316 e. The predicted octanol–water partition coefficient (Wildman–Crippen LogP) is 1.77. The van der Waals surface area contributed by atoms with Gasteiger partial charge in [0.15, 0.2) is 0 Å². The molecule has 4 nitrogen and oxygen atoms in total. The van der Waals surface area contributed by atoms with Crippen LogP contribution >= 0.6 is 0 Å². The number of nitrogens with one attached hydrogen (secondary N) is 2. The summed E-state index contributed by atoms with van der Waals surface area (Å²) in [7, 11) is -3.19. The highest BCUT2D eigenvalue weighted by Crippen LogP contribution is 2.30. The fourth-order valence-electron chi connectivity index (χ4n) is 2.52. The van der Waals surface area contributed by atoms with Gasteiger partial charge in [0, 0.05) is 5.69 Å². The van der Waals surface area contributed by atoms with Crippen molar-refractivity contribution in [1.29, 1.82) is 0 Å². The van der Waals surface area contributed by atoms with E-state index in [9.17, 15) is 8.42 Å². The first-order valence-corrected chi connectivity index (χ1v) is 8.13. The van der Waals surface area contributed by atoms with E-state index in [1.54, 1.807) is 0 Å². The molecule has 1 aliphatic rings. The zero-order valence-corrected chi connectivity index (χ0v) is 11.6. The lowest BCUT2D eigenvalue weighted by molar-refractivity contribution is 0.349. The van der Waals surface area contributed by atoms with Crippen LogP contribution < -0.4 is 10.0 Å². The zero-order chi connectivity index (χ0) is 13.2. The van der Waals surface area contributed by atoms with Gasteiger partial charge in [-0.05, 0) is 49.0 Å². The predicted molar refractivity (Wildman–Crippen MR) is 74.3 cm³/mol. The van der Waals surface area contributed by atoms with Crippen molar-refractivity contribution in [3.05, 3.63) is 29.8 Å². The average Bonchev–Trinajstić information content (AvgIpc) is 2.29. The van der Waals surface area contributed by atoms with Crippen molar-refractivity contribution in [2.75, 3.05) is 24.1 Å². The molecular weight excluding hydrogens is 248 g/mol. The van der Waals surface area contributed by atoms with Crippen LogP contribution in [0.25, 0.3) is 0 Å². The summed E-state index contributed by atoms with van der Waals surface area (Å²) in [5.41, 5.74) is 1.92. The van der Waals surface area contributed by atoms with Crippen LogP contribution in [0.5, 0.6) is 0 Å². The van der Waals surface area contributed by atoms with Crippen molar-refractivity contribution in [2.24, 2.45) is 5.92 Å². The molecule has 0 saturated carbocycles. The average molecular weight is 268 g/mol. The van der Waals surface area contributed by atoms with Crippen LogP contribution in [0.3, 0.4) is 0 Å². The highest BCUT2D eigenvalue weighted by molar-refractivity contribution is 7.92. The second kappa shape index (κ2) is 5.28. The van der Waals surface area contributed by atoms with E-state index in [1.807, 2.05) is 24.3 Å². The first-order chi connectivity index (χ1) is 8.46. The molecule has 0 aliphatic carbocycles. The second-order valence-corrected chi connectivity index (χ2v) is 6.82. The summed E-state index contributed by atoms with van der Waals surface area (Å²) < 4.78 is 24.7. The first-order valence-electron chi connectivity index (χ1n) is 6.24. The van der Waals surface area contributed by atoms with Gasteiger partial charge in [-0.3, -0.25) is 4.72 Å². The Morgan fingerprint density at radius 1 is 1.28 bits per heavy atom. The lowest BCUT2D eigenvalue weighted by atomic mass is 9.82. The number of hydrogen-bond acceptors (Lipinski definition) is 3. The van der Waals surface area contributed by atoms with Crippen LogP contribution in [0.4, 0.5) is 5.69 Å². The standard InChI is InChI=1S/C13H20N2O2S/c1-10-9-14-8-7-13(10)11-3-5-12(6-4-11)15-18(2,16)17/h3-6,10,13-15H,7-9H2,1-2H3. The van der Waals surface area contributed by atoms with Gasteiger partial charge in [-0.15, -0.1) is 0 Å². The van der Waals surface area contributed by atoms with Gasteiger partial charge in [-0.2, -0.15) is 0 Å². The van der Waals surface area contributed by atoms with Gasteiger partial charge in [0.05, 0.1) is 6.26 Å². The SMILES string of the molecule is CC1CNCCC1c1ccc(NS(C)(=O)=O)cc1. The van der Waals surface area contributed by atoms with Gasteiger partial charge in [0.1, 0.15) is 0 Å². The van der Waals surface area contributed by atoms with E-state index in [2.05, 4.69) is 17.0 Å². The van der Waals surface area contributed by atoms with Crippen molar-refractivity contribution in [3.8, 4) is 0 Å². The van der Waals surface area contributed by atoms with Crippen LogP contribution in [0.2, 0.25) is 0 Å². The Morgan fingerprint density at radius 2 is 1.94 bits per heavy atom. The van der Waals surface area contributed by atoms with Crippen LogP contribution in [-0.4, -0.2) is 27.8 Å². The molecule has 5 heteroatoms. The number of piperidine rings is 1. The summed E-state index contributed by atoms with van der Waals surface area (Å²) in [5.74, 6) is 1.19. The maximum Gasteiger partial charge on any atom is 0.229 e. The Bertz CT molecular complexity index is 496. The van der Waals surface area contributed by atoms with E-state index in [0.29, 0.717) is 17.5 Å². The van der Waals surface area contributed by atoms with Gasteiger partial charge in [0.2, 0.25) is 10.0 Å². The van der Waals surface area contributed by atoms with Gasteiger partial charge >= 0.3 is 0 Å². The number of sulfonamides is 1. The summed E-state index contributed by atoms with van der Waals surface area (Å²) >= 11 is 0. The fourth-order valence-corrected chi connectivity index (χ4v) is 3.09. The molecule has 1 heterocycles. The smallest absolute Gasteiger partial charge is 0.229 e. The van der Waals surface area contributed by atoms with E-state index in [-0.39, 0.29) is 0 Å². The normalized spacial score (nSPS) is 24.8. The van der Waals surface area contributed by atoms with Crippen LogP contribution in [0.15, 0.2) is 24.3 Å². The summed E-state index contributed by atoms with van der Waals surface area (Å²) in [4.78, 5) is 0. The Hall–Kier alpha value is -1.07. The summed E-state index contributed by atoms with van der Waals surface area (Å²) in [6.07, 6.45) is 2.30. The lowest BCUT2D eigenvalue weighted by Gasteiger charge is -2.30. The van der Waals surface area contributed by atoms with Crippen LogP contribution in [-0.2, 0) is 10.0 Å². The minimum atomic E-state index is -3.19. The maximum absolute atomic E-state index is 11.1. The number of anilines is 1. The van der Waals surface area contributed by atoms with Crippen molar-refractivity contribution >= 4 is 15.7 Å². The van der Waals surface area contributed by atoms with Gasteiger partial charge in [0.25, 0.3) is 0 Å². The van der Waals surface area contributed by atoms with Crippen LogP contribution in [0, 0.1) is 5.92 Å². The van der Waals surface area contributed by atoms with E-state index in [0.717, 1.165) is 25.8 Å². The molecule has 2 atom stereocenters. The molecule has 2 rings (SSSR count). The summed E-state index contributed by atoms with van der Waals surface area (Å²) in [5, 5.41) is 3.39. The van der Waals surface area contributed by atoms with Crippen molar-refractivity contribution < 1.29 is 8.42 Å². The van der Waals surface area contributed by atoms with E-state index < -0.39 is 10.0 Å². The molecule has 0 aromatic heterocycles. The molecule has 1 aliphatic heterocycles. The maximum atomic E-state index is 11.1. The summed E-state index contributed by atoms with van der Waals surface area (Å²) in [6, 6.07) is 7.73. The quantitative estimate of drug-likeness (QED) is 0.878. The molecule has 0 spiro atoms. The highest BCUT2D eigenvalue weighted by Gasteiger charge is 2.22. The van der Waals surface area contributed by atoms with Crippen molar-refractivity contribution in [3.63, 3.8) is 0 Å². The number of hydrogen-bond donors (Lipinski definition) is 2. The second-order valence-electron chi connectivity index (χ2n) is 5.07. The topological polar surface area (TPSA) is 58.2 Å². The molecular formula is C13H20N2O2S. The lowest BCUT2D eigenvalue weighted by Crippen LogP contribution is -2.33. The molecule has 100 valence electrons. The van der Waals surface area contributed by atoms with E-state index in [1.165, 1.54) is 5.56 Å². The Kier molecular flexibility index (Phi) is 3.92. The third-order valence-corrected chi connectivity index (χ3v) is 4.03. The highest BCUT2D eigenvalue weighted by atomic mass is 32.2. The third kappa shape index (κ3) is 3.46. The number of benzene rings is 1. The van der Waals surface area contributed by atoms with Crippen molar-refractivity contribution in [2.45, 2.75) is 19.3 Å². The summed E-state index contributed by atoms with van der Waals surface area (Å²) in [6.45, 7) is 4.35. The molecule has 2 unspecified atom stereocenters.